The monoisotopic (exact) mass is 495 g/mol. The fraction of sp³-hybridized carbons (Fsp3) is 0.318. The summed E-state index contributed by atoms with van der Waals surface area (Å²) in [7, 11) is 0. The molecule has 1 fully saturated rings. The van der Waals surface area contributed by atoms with Crippen molar-refractivity contribution in [3.63, 3.8) is 0 Å². The number of carbonyl (C=O) groups is 1. The van der Waals surface area contributed by atoms with Gasteiger partial charge in [0.1, 0.15) is 29.4 Å². The largest absolute Gasteiger partial charge is 0.421 e. The topological polar surface area (TPSA) is 181 Å². The summed E-state index contributed by atoms with van der Waals surface area (Å²) in [5.41, 5.74) is 12.1. The lowest BCUT2D eigenvalue weighted by Crippen LogP contribution is -2.42. The number of rotatable bonds is 6. The number of hydrogen-bond acceptors (Lipinski definition) is 10. The maximum Gasteiger partial charge on any atom is 0.263 e. The van der Waals surface area contributed by atoms with E-state index in [1.807, 2.05) is 6.92 Å². The van der Waals surface area contributed by atoms with Crippen LogP contribution in [0.2, 0.25) is 5.02 Å². The van der Waals surface area contributed by atoms with Crippen LogP contribution in [-0.4, -0.2) is 35.6 Å². The minimum atomic E-state index is -0.518. The Balaban J connectivity index is 1.60. The predicted molar refractivity (Wildman–Crippen MR) is 128 cm³/mol. The number of nitrogens with two attached hydrogens (primary N) is 2. The van der Waals surface area contributed by atoms with Crippen LogP contribution in [0.4, 0.5) is 11.6 Å². The van der Waals surface area contributed by atoms with E-state index in [2.05, 4.69) is 25.5 Å². The van der Waals surface area contributed by atoms with E-state index in [4.69, 9.17) is 32.5 Å². The third-order valence-corrected chi connectivity index (χ3v) is 6.46. The van der Waals surface area contributed by atoms with Gasteiger partial charge in [0, 0.05) is 18.9 Å². The van der Waals surface area contributed by atoms with Crippen molar-refractivity contribution in [3.05, 3.63) is 51.6 Å². The third-order valence-electron chi connectivity index (χ3n) is 6.14. The molecule has 1 aromatic carbocycles. The molecular weight excluding hydrogens is 474 g/mol. The molecule has 0 spiro atoms. The van der Waals surface area contributed by atoms with Crippen LogP contribution in [0.3, 0.4) is 0 Å². The van der Waals surface area contributed by atoms with Crippen LogP contribution in [0, 0.1) is 12.8 Å². The van der Waals surface area contributed by atoms with Crippen molar-refractivity contribution in [2.45, 2.75) is 38.8 Å². The fourth-order valence-electron chi connectivity index (χ4n) is 4.30. The SMILES string of the molecule is Cc1nnc(-c2c(N)ncnc2N[C@@H](C)c2nc3cccc(Cl)c3c(=O)n2C2CC(C(N)=O)C2)o1. The van der Waals surface area contributed by atoms with Crippen molar-refractivity contribution >= 4 is 40.0 Å². The molecule has 3 aromatic heterocycles. The molecule has 1 aliphatic rings. The Bertz CT molecular complexity index is 1510. The molecule has 35 heavy (non-hydrogen) atoms. The maximum atomic E-state index is 13.6. The number of aryl methyl sites for hydroxylation is 1. The highest BCUT2D eigenvalue weighted by atomic mass is 35.5. The average Bonchev–Trinajstić information content (AvgIpc) is 3.19. The summed E-state index contributed by atoms with van der Waals surface area (Å²) in [6.45, 7) is 3.49. The standard InChI is InChI=1S/C22H22ClN9O3/c1-9(28-19-16(17(24)26-8-27-19)21-31-30-10(2)35-21)20-29-14-5-3-4-13(23)15(14)22(34)32(20)12-6-11(7-12)18(25)33/h3-5,8-9,11-12H,6-7H2,1-2H3,(H2,25,33)(H3,24,26,27,28)/t9-,11?,12?/m0/s1. The Morgan fingerprint density at radius 2 is 2.06 bits per heavy atom. The molecule has 180 valence electrons. The van der Waals surface area contributed by atoms with E-state index in [9.17, 15) is 9.59 Å². The van der Waals surface area contributed by atoms with Gasteiger partial charge in [-0.3, -0.25) is 14.2 Å². The van der Waals surface area contributed by atoms with E-state index in [1.165, 1.54) is 6.33 Å². The lowest BCUT2D eigenvalue weighted by molar-refractivity contribution is -0.125. The van der Waals surface area contributed by atoms with Crippen LogP contribution in [-0.2, 0) is 4.79 Å². The highest BCUT2D eigenvalue weighted by Crippen LogP contribution is 2.39. The number of aromatic nitrogens is 6. The van der Waals surface area contributed by atoms with Crippen LogP contribution >= 0.6 is 11.6 Å². The van der Waals surface area contributed by atoms with Crippen LogP contribution in [0.15, 0.2) is 33.7 Å². The lowest BCUT2D eigenvalue weighted by atomic mass is 9.79. The first-order valence-electron chi connectivity index (χ1n) is 10.9. The number of nitrogens with one attached hydrogen (secondary N) is 1. The number of nitrogens with zero attached hydrogens (tertiary/aromatic N) is 6. The Morgan fingerprint density at radius 3 is 2.74 bits per heavy atom. The molecule has 0 saturated heterocycles. The number of carbonyl (C=O) groups excluding carboxylic acids is 1. The molecule has 0 radical (unpaired) electrons. The predicted octanol–water partition coefficient (Wildman–Crippen LogP) is 2.39. The van der Waals surface area contributed by atoms with E-state index < -0.39 is 6.04 Å². The highest BCUT2D eigenvalue weighted by Gasteiger charge is 2.37. The van der Waals surface area contributed by atoms with Crippen LogP contribution < -0.4 is 22.3 Å². The molecule has 1 amide bonds. The summed E-state index contributed by atoms with van der Waals surface area (Å²) in [5, 5.41) is 11.8. The summed E-state index contributed by atoms with van der Waals surface area (Å²) in [6, 6.07) is 4.34. The van der Waals surface area contributed by atoms with Crippen molar-refractivity contribution in [1.29, 1.82) is 0 Å². The zero-order chi connectivity index (χ0) is 24.9. The molecule has 0 unspecified atom stereocenters. The molecule has 12 nitrogen and oxygen atoms in total. The van der Waals surface area contributed by atoms with E-state index in [-0.39, 0.29) is 35.1 Å². The summed E-state index contributed by atoms with van der Waals surface area (Å²) in [6.07, 6.45) is 2.19. The fourth-order valence-corrected chi connectivity index (χ4v) is 4.55. The number of hydrogen-bond donors (Lipinski definition) is 3. The van der Waals surface area contributed by atoms with Gasteiger partial charge in [-0.05, 0) is 31.9 Å². The number of halogens is 1. The molecule has 13 heteroatoms. The van der Waals surface area contributed by atoms with Crippen LogP contribution in [0.5, 0.6) is 0 Å². The average molecular weight is 496 g/mol. The molecule has 0 aliphatic heterocycles. The molecule has 3 heterocycles. The lowest BCUT2D eigenvalue weighted by Gasteiger charge is -2.36. The van der Waals surface area contributed by atoms with Gasteiger partial charge in [0.2, 0.25) is 11.8 Å². The Kier molecular flexibility index (Phi) is 5.59. The Morgan fingerprint density at radius 1 is 1.29 bits per heavy atom. The number of nitrogen functional groups attached to an aromatic ring is 1. The molecule has 5 N–H and O–H groups in total. The van der Waals surface area contributed by atoms with Gasteiger partial charge < -0.3 is 21.2 Å². The second-order valence-electron chi connectivity index (χ2n) is 8.48. The first kappa shape index (κ1) is 22.7. The zero-order valence-corrected chi connectivity index (χ0v) is 19.7. The van der Waals surface area contributed by atoms with Gasteiger partial charge >= 0.3 is 0 Å². The van der Waals surface area contributed by atoms with Crippen molar-refractivity contribution in [2.75, 3.05) is 11.1 Å². The molecule has 4 aromatic rings. The van der Waals surface area contributed by atoms with Gasteiger partial charge in [0.05, 0.1) is 22.0 Å². The quantitative estimate of drug-likeness (QED) is 0.359. The van der Waals surface area contributed by atoms with E-state index in [0.29, 0.717) is 51.9 Å². The van der Waals surface area contributed by atoms with Crippen LogP contribution in [0.25, 0.3) is 22.4 Å². The van der Waals surface area contributed by atoms with Crippen molar-refractivity contribution in [3.8, 4) is 11.5 Å². The van der Waals surface area contributed by atoms with Crippen molar-refractivity contribution in [2.24, 2.45) is 11.7 Å². The van der Waals surface area contributed by atoms with Gasteiger partial charge in [0.25, 0.3) is 11.4 Å². The molecular formula is C22H22ClN9O3. The zero-order valence-electron chi connectivity index (χ0n) is 18.9. The molecule has 0 bridgehead atoms. The number of fused-ring (bicyclic) bond motifs is 1. The first-order chi connectivity index (χ1) is 16.7. The summed E-state index contributed by atoms with van der Waals surface area (Å²) in [5.74, 6) is 0.778. The number of primary amides is 1. The minimum Gasteiger partial charge on any atom is -0.421 e. The second kappa shape index (κ2) is 8.62. The maximum absolute atomic E-state index is 13.6. The summed E-state index contributed by atoms with van der Waals surface area (Å²) >= 11 is 6.35. The van der Waals surface area contributed by atoms with Crippen LogP contribution in [0.1, 0.15) is 43.6 Å². The van der Waals surface area contributed by atoms with Gasteiger partial charge in [0.15, 0.2) is 0 Å². The molecule has 1 atom stereocenters. The van der Waals surface area contributed by atoms with E-state index in [1.54, 1.807) is 29.7 Å². The first-order valence-corrected chi connectivity index (χ1v) is 11.3. The van der Waals surface area contributed by atoms with Gasteiger partial charge in [-0.15, -0.1) is 10.2 Å². The number of amides is 1. The number of anilines is 2. The van der Waals surface area contributed by atoms with Gasteiger partial charge in [-0.2, -0.15) is 0 Å². The van der Waals surface area contributed by atoms with Crippen molar-refractivity contribution < 1.29 is 9.21 Å². The molecule has 1 aliphatic carbocycles. The smallest absolute Gasteiger partial charge is 0.263 e. The second-order valence-corrected chi connectivity index (χ2v) is 8.89. The Labute approximate surface area is 203 Å². The van der Waals surface area contributed by atoms with E-state index >= 15 is 0 Å². The minimum absolute atomic E-state index is 0.150. The summed E-state index contributed by atoms with van der Waals surface area (Å²) in [4.78, 5) is 38.3. The normalized spacial score (nSPS) is 18.3. The molecule has 5 rings (SSSR count). The van der Waals surface area contributed by atoms with E-state index in [0.717, 1.165) is 0 Å². The van der Waals surface area contributed by atoms with Gasteiger partial charge in [-0.1, -0.05) is 17.7 Å². The summed E-state index contributed by atoms with van der Waals surface area (Å²) < 4.78 is 7.13. The van der Waals surface area contributed by atoms with Crippen molar-refractivity contribution in [1.82, 2.24) is 29.7 Å². The molecule has 1 saturated carbocycles. The Hall–Kier alpha value is -4.06. The highest BCUT2D eigenvalue weighted by molar-refractivity contribution is 6.35. The van der Waals surface area contributed by atoms with Gasteiger partial charge in [-0.25, -0.2) is 15.0 Å². The number of benzene rings is 1. The third kappa shape index (κ3) is 3.95.